The predicted octanol–water partition coefficient (Wildman–Crippen LogP) is 3.28. The predicted molar refractivity (Wildman–Crippen MR) is 99.6 cm³/mol. The second-order valence-electron chi connectivity index (χ2n) is 6.42. The van der Waals surface area contributed by atoms with Crippen LogP contribution >= 0.6 is 11.3 Å². The maximum atomic E-state index is 12.3. The summed E-state index contributed by atoms with van der Waals surface area (Å²) < 4.78 is 5.74. The fourth-order valence-electron chi connectivity index (χ4n) is 3.20. The van der Waals surface area contributed by atoms with Gasteiger partial charge in [-0.1, -0.05) is 12.1 Å². The Balaban J connectivity index is 1.72. The molecule has 1 aromatic heterocycles. The van der Waals surface area contributed by atoms with E-state index in [0.717, 1.165) is 52.1 Å². The molecule has 1 heterocycles. The Bertz CT molecular complexity index is 855. The second kappa shape index (κ2) is 6.88. The van der Waals surface area contributed by atoms with Crippen LogP contribution in [0.25, 0.3) is 0 Å². The molecule has 2 amide bonds. The molecule has 0 radical (unpaired) electrons. The first-order chi connectivity index (χ1) is 11.9. The molecule has 2 aromatic rings. The normalized spacial score (nSPS) is 12.8. The molecular formula is C19H22N2O3S. The molecule has 1 aromatic carbocycles. The fraction of sp³-hybridized carbons (Fsp3) is 0.368. The molecule has 0 aliphatic heterocycles. The fourth-order valence-corrected chi connectivity index (χ4v) is 4.51. The van der Waals surface area contributed by atoms with E-state index in [2.05, 4.69) is 5.32 Å². The second-order valence-corrected chi connectivity index (χ2v) is 7.52. The number of hydrogen-bond donors (Lipinski definition) is 2. The molecule has 6 heteroatoms. The van der Waals surface area contributed by atoms with Gasteiger partial charge in [-0.2, -0.15) is 0 Å². The summed E-state index contributed by atoms with van der Waals surface area (Å²) in [4.78, 5) is 25.2. The van der Waals surface area contributed by atoms with Gasteiger partial charge in [0, 0.05) is 4.88 Å². The van der Waals surface area contributed by atoms with E-state index in [1.54, 1.807) is 0 Å². The van der Waals surface area contributed by atoms with Crippen molar-refractivity contribution in [3.63, 3.8) is 0 Å². The molecule has 0 atom stereocenters. The van der Waals surface area contributed by atoms with E-state index in [4.69, 9.17) is 10.5 Å². The van der Waals surface area contributed by atoms with Crippen molar-refractivity contribution in [2.24, 2.45) is 5.73 Å². The van der Waals surface area contributed by atoms with E-state index in [1.807, 2.05) is 32.9 Å². The van der Waals surface area contributed by atoms with Crippen LogP contribution in [0.5, 0.6) is 5.75 Å². The molecular weight excluding hydrogens is 336 g/mol. The Labute approximate surface area is 151 Å². The molecule has 5 nitrogen and oxygen atoms in total. The number of anilines is 1. The summed E-state index contributed by atoms with van der Waals surface area (Å²) in [6.45, 7) is 5.83. The van der Waals surface area contributed by atoms with Gasteiger partial charge >= 0.3 is 0 Å². The van der Waals surface area contributed by atoms with E-state index in [9.17, 15) is 9.59 Å². The molecule has 0 fully saturated rings. The molecule has 3 rings (SSSR count). The van der Waals surface area contributed by atoms with Crippen LogP contribution in [-0.2, 0) is 17.6 Å². The number of amides is 2. The topological polar surface area (TPSA) is 81.4 Å². The molecule has 25 heavy (non-hydrogen) atoms. The highest BCUT2D eigenvalue weighted by Gasteiger charge is 2.26. The van der Waals surface area contributed by atoms with Crippen molar-refractivity contribution in [2.75, 3.05) is 11.9 Å². The van der Waals surface area contributed by atoms with Crippen molar-refractivity contribution in [1.82, 2.24) is 0 Å². The number of aryl methyl sites for hydroxylation is 3. The number of thiophene rings is 1. The lowest BCUT2D eigenvalue weighted by Crippen LogP contribution is -2.22. The lowest BCUT2D eigenvalue weighted by atomic mass is 10.1. The number of fused-ring (bicyclic) bond motifs is 1. The minimum atomic E-state index is -0.485. The third-order valence-electron chi connectivity index (χ3n) is 4.64. The largest absolute Gasteiger partial charge is 0.483 e. The molecule has 0 unspecified atom stereocenters. The summed E-state index contributed by atoms with van der Waals surface area (Å²) in [6.07, 6.45) is 2.82. The minimum absolute atomic E-state index is 0.105. The molecule has 1 aliphatic rings. The highest BCUT2D eigenvalue weighted by atomic mass is 32.1. The van der Waals surface area contributed by atoms with E-state index in [-0.39, 0.29) is 12.5 Å². The van der Waals surface area contributed by atoms with Crippen LogP contribution in [0.1, 0.15) is 43.9 Å². The maximum absolute atomic E-state index is 12.3. The van der Waals surface area contributed by atoms with Gasteiger partial charge in [0.05, 0.1) is 5.56 Å². The van der Waals surface area contributed by atoms with E-state index < -0.39 is 5.91 Å². The van der Waals surface area contributed by atoms with Crippen LogP contribution in [0.3, 0.4) is 0 Å². The van der Waals surface area contributed by atoms with Gasteiger partial charge in [-0.25, -0.2) is 0 Å². The Morgan fingerprint density at radius 3 is 2.64 bits per heavy atom. The van der Waals surface area contributed by atoms with Crippen LogP contribution in [0.2, 0.25) is 0 Å². The molecule has 0 bridgehead atoms. The monoisotopic (exact) mass is 358 g/mol. The number of rotatable bonds is 5. The summed E-state index contributed by atoms with van der Waals surface area (Å²) in [5, 5.41) is 3.34. The number of carbonyl (C=O) groups excluding carboxylic acids is 2. The van der Waals surface area contributed by atoms with Gasteiger partial charge in [-0.05, 0) is 62.3 Å². The van der Waals surface area contributed by atoms with Crippen molar-refractivity contribution >= 4 is 28.2 Å². The third kappa shape index (κ3) is 3.39. The molecule has 3 N–H and O–H groups in total. The van der Waals surface area contributed by atoms with Crippen molar-refractivity contribution in [3.8, 4) is 5.75 Å². The standard InChI is InChI=1S/C19H22N2O3S/c1-10-7-8-11(2)17(12(10)3)24-9-15(22)21-19-16(18(20)23)13-5-4-6-14(13)25-19/h7-8H,4-6,9H2,1-3H3,(H2,20,23)(H,21,22). The first kappa shape index (κ1) is 17.5. The average Bonchev–Trinajstić information content (AvgIpc) is 3.11. The summed E-state index contributed by atoms with van der Waals surface area (Å²) in [5.74, 6) is -0.0392. The zero-order valence-electron chi connectivity index (χ0n) is 14.7. The van der Waals surface area contributed by atoms with Crippen molar-refractivity contribution in [3.05, 3.63) is 44.8 Å². The van der Waals surface area contributed by atoms with Gasteiger partial charge in [0.25, 0.3) is 11.8 Å². The zero-order chi connectivity index (χ0) is 18.1. The third-order valence-corrected chi connectivity index (χ3v) is 5.85. The first-order valence-electron chi connectivity index (χ1n) is 8.32. The smallest absolute Gasteiger partial charge is 0.262 e. The maximum Gasteiger partial charge on any atom is 0.262 e. The SMILES string of the molecule is Cc1ccc(C)c(OCC(=O)Nc2sc3c(c2C(N)=O)CCC3)c1C. The molecule has 0 spiro atoms. The molecule has 132 valence electrons. The van der Waals surface area contributed by atoms with Gasteiger partial charge in [0.15, 0.2) is 6.61 Å². The number of ether oxygens (including phenoxy) is 1. The number of benzene rings is 1. The lowest BCUT2D eigenvalue weighted by molar-refractivity contribution is -0.118. The average molecular weight is 358 g/mol. The van der Waals surface area contributed by atoms with Gasteiger partial charge < -0.3 is 15.8 Å². The zero-order valence-corrected chi connectivity index (χ0v) is 15.5. The molecule has 1 aliphatic carbocycles. The van der Waals surface area contributed by atoms with Crippen LogP contribution in [0, 0.1) is 20.8 Å². The summed E-state index contributed by atoms with van der Waals surface area (Å²) in [7, 11) is 0. The number of nitrogens with two attached hydrogens (primary N) is 1. The summed E-state index contributed by atoms with van der Waals surface area (Å²) >= 11 is 1.45. The quantitative estimate of drug-likeness (QED) is 0.860. The highest BCUT2D eigenvalue weighted by molar-refractivity contribution is 7.17. The first-order valence-corrected chi connectivity index (χ1v) is 9.14. The van der Waals surface area contributed by atoms with E-state index in [0.29, 0.717) is 10.6 Å². The Kier molecular flexibility index (Phi) is 4.81. The van der Waals surface area contributed by atoms with Gasteiger partial charge in [0.2, 0.25) is 0 Å². The number of carbonyl (C=O) groups is 2. The Morgan fingerprint density at radius 2 is 1.92 bits per heavy atom. The van der Waals surface area contributed by atoms with Crippen LogP contribution in [-0.4, -0.2) is 18.4 Å². The van der Waals surface area contributed by atoms with E-state index >= 15 is 0 Å². The van der Waals surface area contributed by atoms with Crippen LogP contribution in [0.15, 0.2) is 12.1 Å². The summed E-state index contributed by atoms with van der Waals surface area (Å²) in [5.41, 5.74) is 10.1. The van der Waals surface area contributed by atoms with Gasteiger partial charge in [-0.3, -0.25) is 9.59 Å². The highest BCUT2D eigenvalue weighted by Crippen LogP contribution is 2.38. The van der Waals surface area contributed by atoms with E-state index in [1.165, 1.54) is 11.3 Å². The molecule has 0 saturated carbocycles. The van der Waals surface area contributed by atoms with Crippen molar-refractivity contribution < 1.29 is 14.3 Å². The number of nitrogens with one attached hydrogen (secondary N) is 1. The molecule has 0 saturated heterocycles. The minimum Gasteiger partial charge on any atom is -0.483 e. The van der Waals surface area contributed by atoms with Crippen molar-refractivity contribution in [2.45, 2.75) is 40.0 Å². The van der Waals surface area contributed by atoms with Gasteiger partial charge in [0.1, 0.15) is 10.8 Å². The van der Waals surface area contributed by atoms with Crippen molar-refractivity contribution in [1.29, 1.82) is 0 Å². The Morgan fingerprint density at radius 1 is 1.20 bits per heavy atom. The lowest BCUT2D eigenvalue weighted by Gasteiger charge is -2.14. The Hall–Kier alpha value is -2.34. The number of hydrogen-bond acceptors (Lipinski definition) is 4. The van der Waals surface area contributed by atoms with Crippen LogP contribution in [0.4, 0.5) is 5.00 Å². The van der Waals surface area contributed by atoms with Crippen LogP contribution < -0.4 is 15.8 Å². The number of primary amides is 1. The summed E-state index contributed by atoms with van der Waals surface area (Å²) in [6, 6.07) is 4.01. The van der Waals surface area contributed by atoms with Gasteiger partial charge in [-0.15, -0.1) is 11.3 Å².